The molecule has 0 fully saturated rings. The average molecular weight is 122 g/mol. The largest absolute Gasteiger partial charge is 0.372 e. The summed E-state index contributed by atoms with van der Waals surface area (Å²) < 4.78 is 0. The van der Waals surface area contributed by atoms with Crippen molar-refractivity contribution in [3.05, 3.63) is 0 Å². The van der Waals surface area contributed by atoms with Crippen LogP contribution in [0.25, 0.3) is 0 Å². The maximum Gasteiger partial charge on any atom is 0.273 e. The lowest BCUT2D eigenvalue weighted by Crippen LogP contribution is -1.95. The number of primary amides is 2. The molecule has 0 aliphatic carbocycles. The minimum atomic E-state index is -0.639. The van der Waals surface area contributed by atoms with Gasteiger partial charge in [-0.1, -0.05) is 12.6 Å². The van der Waals surface area contributed by atoms with Gasteiger partial charge in [0.2, 0.25) is 6.41 Å². The third kappa shape index (κ3) is 114. The second-order valence-corrected chi connectivity index (χ2v) is 0.915. The van der Waals surface area contributed by atoms with Gasteiger partial charge in [-0.05, 0) is 0 Å². The van der Waals surface area contributed by atoms with Crippen LogP contribution in [-0.2, 0) is 4.79 Å². The lowest BCUT2D eigenvalue weighted by Gasteiger charge is -1.58. The molecular weight excluding hydrogens is 116 g/mol. The van der Waals surface area contributed by atoms with E-state index in [-0.39, 0.29) is 6.41 Å². The third-order valence-corrected chi connectivity index (χ3v) is 0. The Labute approximate surface area is 46.3 Å². The number of nitrogens with two attached hydrogens (primary N) is 2. The van der Waals surface area contributed by atoms with E-state index in [0.717, 1.165) is 0 Å². The molecule has 0 aliphatic heterocycles. The van der Waals surface area contributed by atoms with Crippen LogP contribution < -0.4 is 11.5 Å². The summed E-state index contributed by atoms with van der Waals surface area (Å²) in [5, 5.41) is -0.639. The van der Waals surface area contributed by atoms with Gasteiger partial charge in [0.15, 0.2) is 0 Å². The first-order valence-electron chi connectivity index (χ1n) is 1.29. The molecule has 0 unspecified atom stereocenters. The van der Waals surface area contributed by atoms with Gasteiger partial charge in [0.25, 0.3) is 5.24 Å². The van der Waals surface area contributed by atoms with Crippen LogP contribution in [0.15, 0.2) is 0 Å². The Bertz CT molecular complexity index is 60.7. The molecule has 0 saturated carbocycles. The van der Waals surface area contributed by atoms with Crippen LogP contribution in [0.5, 0.6) is 0 Å². The predicted molar refractivity (Wildman–Crippen MR) is 28.8 cm³/mol. The summed E-state index contributed by atoms with van der Waals surface area (Å²) >= 11 is 3.10. The van der Waals surface area contributed by atoms with Gasteiger partial charge in [-0.3, -0.25) is 9.59 Å². The summed E-state index contributed by atoms with van der Waals surface area (Å²) in [4.78, 5) is 17.7. The first-order valence-corrected chi connectivity index (χ1v) is 1.73. The Morgan fingerprint density at radius 2 is 1.71 bits per heavy atom. The lowest BCUT2D eigenvalue weighted by molar-refractivity contribution is -0.106. The minimum Gasteiger partial charge on any atom is -0.372 e. The Balaban J connectivity index is 0. The molecule has 0 aromatic heterocycles. The molecule has 0 spiro atoms. The fraction of sp³-hybridized carbons (Fsp3) is 0. The molecule has 0 heterocycles. The number of hydrogen-bond donors (Lipinski definition) is 3. The summed E-state index contributed by atoms with van der Waals surface area (Å²) in [6.45, 7) is 0. The maximum absolute atomic E-state index is 9.09. The first kappa shape index (κ1) is 9.56. The smallest absolute Gasteiger partial charge is 0.273 e. The van der Waals surface area contributed by atoms with Crippen molar-refractivity contribution in [3.63, 3.8) is 0 Å². The van der Waals surface area contributed by atoms with E-state index in [1.165, 1.54) is 0 Å². The molecule has 7 heavy (non-hydrogen) atoms. The zero-order chi connectivity index (χ0) is 6.28. The molecule has 0 saturated heterocycles. The van der Waals surface area contributed by atoms with E-state index in [2.05, 4.69) is 24.1 Å². The standard InChI is InChI=1S/CH3NOS.CH3NO/c2-1(3)4;2-1-3/h(H3,2,3,4);1H,(H2,2,3). The van der Waals surface area contributed by atoms with Gasteiger partial charge in [-0.2, -0.15) is 0 Å². The molecule has 0 rings (SSSR count). The van der Waals surface area contributed by atoms with Crippen LogP contribution in [-0.4, -0.2) is 11.6 Å². The molecule has 0 atom stereocenters. The van der Waals surface area contributed by atoms with Crippen molar-refractivity contribution in [1.29, 1.82) is 0 Å². The van der Waals surface area contributed by atoms with E-state index in [1.807, 2.05) is 0 Å². The molecule has 0 bridgehead atoms. The summed E-state index contributed by atoms with van der Waals surface area (Å²) in [6.07, 6.45) is 0.250. The number of hydrogen-bond acceptors (Lipinski definition) is 2. The topological polar surface area (TPSA) is 86.2 Å². The highest BCUT2D eigenvalue weighted by atomic mass is 32.1. The minimum absolute atomic E-state index is 0.250. The monoisotopic (exact) mass is 122 g/mol. The van der Waals surface area contributed by atoms with Crippen molar-refractivity contribution in [1.82, 2.24) is 0 Å². The maximum atomic E-state index is 9.09. The second-order valence-electron chi connectivity index (χ2n) is 0.474. The Hall–Kier alpha value is -0.710. The third-order valence-electron chi connectivity index (χ3n) is 0. The Morgan fingerprint density at radius 3 is 1.71 bits per heavy atom. The Morgan fingerprint density at radius 1 is 1.71 bits per heavy atom. The van der Waals surface area contributed by atoms with E-state index in [4.69, 9.17) is 9.59 Å². The summed E-state index contributed by atoms with van der Waals surface area (Å²) in [7, 11) is 0. The van der Waals surface area contributed by atoms with E-state index in [9.17, 15) is 0 Å². The van der Waals surface area contributed by atoms with Crippen molar-refractivity contribution in [3.8, 4) is 0 Å². The van der Waals surface area contributed by atoms with E-state index < -0.39 is 5.24 Å². The van der Waals surface area contributed by atoms with Crippen LogP contribution in [0.1, 0.15) is 0 Å². The second kappa shape index (κ2) is 8.99. The van der Waals surface area contributed by atoms with E-state index >= 15 is 0 Å². The normalized spacial score (nSPS) is 5.29. The van der Waals surface area contributed by atoms with Gasteiger partial charge in [-0.25, -0.2) is 0 Å². The Kier molecular flexibility index (Phi) is 12.3. The van der Waals surface area contributed by atoms with Crippen molar-refractivity contribution in [2.75, 3.05) is 0 Å². The summed E-state index contributed by atoms with van der Waals surface area (Å²) in [5.41, 5.74) is 8.50. The SMILES string of the molecule is NC(=O)S.NC=O. The molecule has 4 N–H and O–H groups in total. The summed E-state index contributed by atoms with van der Waals surface area (Å²) in [5.74, 6) is 0. The molecular formula is C2H6N2O2S. The quantitative estimate of drug-likeness (QED) is 0.287. The zero-order valence-electron chi connectivity index (χ0n) is 3.50. The van der Waals surface area contributed by atoms with Crippen molar-refractivity contribution < 1.29 is 9.59 Å². The fourth-order valence-electron chi connectivity index (χ4n) is 0. The molecule has 4 nitrogen and oxygen atoms in total. The van der Waals surface area contributed by atoms with Crippen LogP contribution in [0.3, 0.4) is 0 Å². The molecule has 0 aromatic carbocycles. The van der Waals surface area contributed by atoms with Crippen LogP contribution >= 0.6 is 12.6 Å². The predicted octanol–water partition coefficient (Wildman–Crippen LogP) is -0.904. The first-order chi connectivity index (χ1) is 3.15. The van der Waals surface area contributed by atoms with Gasteiger partial charge in [0.05, 0.1) is 0 Å². The van der Waals surface area contributed by atoms with Crippen molar-refractivity contribution >= 4 is 24.3 Å². The lowest BCUT2D eigenvalue weighted by atomic mass is 11.5. The highest BCUT2D eigenvalue weighted by Gasteiger charge is 1.63. The van der Waals surface area contributed by atoms with E-state index in [0.29, 0.717) is 0 Å². The molecule has 0 aromatic rings. The molecule has 42 valence electrons. The number of rotatable bonds is 0. The zero-order valence-corrected chi connectivity index (χ0v) is 4.39. The van der Waals surface area contributed by atoms with Crippen LogP contribution in [0, 0.1) is 0 Å². The number of carbonyl (C=O) groups excluding carboxylic acids is 2. The van der Waals surface area contributed by atoms with Gasteiger partial charge in [-0.15, -0.1) is 0 Å². The highest BCUT2D eigenvalue weighted by molar-refractivity contribution is 7.96. The van der Waals surface area contributed by atoms with E-state index in [1.54, 1.807) is 0 Å². The van der Waals surface area contributed by atoms with Gasteiger partial charge >= 0.3 is 0 Å². The molecule has 5 heteroatoms. The van der Waals surface area contributed by atoms with Gasteiger partial charge in [0, 0.05) is 0 Å². The summed E-state index contributed by atoms with van der Waals surface area (Å²) in [6, 6.07) is 0. The van der Waals surface area contributed by atoms with Crippen molar-refractivity contribution in [2.24, 2.45) is 11.5 Å². The molecule has 0 radical (unpaired) electrons. The van der Waals surface area contributed by atoms with Crippen LogP contribution in [0.4, 0.5) is 4.79 Å². The van der Waals surface area contributed by atoms with Gasteiger partial charge < -0.3 is 11.5 Å². The number of carbonyl (C=O) groups is 2. The highest BCUT2D eigenvalue weighted by Crippen LogP contribution is 1.60. The number of thiol groups is 1. The fourth-order valence-corrected chi connectivity index (χ4v) is 0. The number of amides is 2. The molecule has 2 amide bonds. The van der Waals surface area contributed by atoms with Gasteiger partial charge in [0.1, 0.15) is 0 Å². The van der Waals surface area contributed by atoms with Crippen LogP contribution in [0.2, 0.25) is 0 Å². The van der Waals surface area contributed by atoms with Crippen molar-refractivity contribution in [2.45, 2.75) is 0 Å². The average Bonchev–Trinajstić information content (AvgIpc) is 1.33. The molecule has 0 aliphatic rings.